The Morgan fingerprint density at radius 1 is 1.67 bits per heavy atom. The Morgan fingerprint density at radius 2 is 2.47 bits per heavy atom. The van der Waals surface area contributed by atoms with Gasteiger partial charge in [0.05, 0.1) is 11.6 Å². The molecule has 0 aliphatic heterocycles. The van der Waals surface area contributed by atoms with E-state index in [0.717, 1.165) is 23.3 Å². The molecule has 2 rings (SSSR count). The van der Waals surface area contributed by atoms with E-state index in [4.69, 9.17) is 5.11 Å². The highest BCUT2D eigenvalue weighted by molar-refractivity contribution is 5.77. The predicted octanol–water partition coefficient (Wildman–Crippen LogP) is 2.13. The van der Waals surface area contributed by atoms with E-state index in [1.165, 1.54) is 0 Å². The van der Waals surface area contributed by atoms with Gasteiger partial charge >= 0.3 is 5.97 Å². The van der Waals surface area contributed by atoms with Crippen LogP contribution < -0.4 is 0 Å². The molecule has 1 aliphatic carbocycles. The van der Waals surface area contributed by atoms with Gasteiger partial charge in [0.1, 0.15) is 0 Å². The molecule has 0 spiro atoms. The van der Waals surface area contributed by atoms with E-state index in [1.807, 2.05) is 12.1 Å². The number of rotatable bonds is 3. The van der Waals surface area contributed by atoms with Gasteiger partial charge in [0.2, 0.25) is 0 Å². The predicted molar refractivity (Wildman–Crippen MR) is 57.3 cm³/mol. The summed E-state index contributed by atoms with van der Waals surface area (Å²) in [7, 11) is 0. The number of aromatic nitrogens is 1. The zero-order chi connectivity index (χ0) is 10.8. The van der Waals surface area contributed by atoms with Crippen LogP contribution in [-0.4, -0.2) is 16.1 Å². The fourth-order valence-corrected chi connectivity index (χ4v) is 1.83. The summed E-state index contributed by atoms with van der Waals surface area (Å²) in [6.07, 6.45) is 5.28. The molecule has 3 heteroatoms. The molecule has 1 atom stereocenters. The standard InChI is InChI=1S/C12H13NO2/c1-8(12(14)15)7-9-4-5-11-10(9)3-2-6-13-11/h2-4,6,8H,5,7H2,1H3,(H,14,15)/t8-/m0/s1. The topological polar surface area (TPSA) is 50.2 Å². The van der Waals surface area contributed by atoms with Crippen molar-refractivity contribution in [1.29, 1.82) is 0 Å². The number of fused-ring (bicyclic) bond motifs is 1. The van der Waals surface area contributed by atoms with Crippen molar-refractivity contribution in [2.24, 2.45) is 5.92 Å². The zero-order valence-electron chi connectivity index (χ0n) is 8.60. The highest BCUT2D eigenvalue weighted by Gasteiger charge is 2.19. The van der Waals surface area contributed by atoms with Crippen molar-refractivity contribution in [3.8, 4) is 0 Å². The van der Waals surface area contributed by atoms with Gasteiger partial charge in [-0.05, 0) is 23.6 Å². The highest BCUT2D eigenvalue weighted by atomic mass is 16.4. The first kappa shape index (κ1) is 9.90. The van der Waals surface area contributed by atoms with Gasteiger partial charge in [0, 0.05) is 12.6 Å². The molecule has 0 unspecified atom stereocenters. The van der Waals surface area contributed by atoms with Crippen molar-refractivity contribution >= 4 is 11.5 Å². The fraction of sp³-hybridized carbons (Fsp3) is 0.333. The monoisotopic (exact) mass is 203 g/mol. The molecule has 3 nitrogen and oxygen atoms in total. The molecule has 0 bridgehead atoms. The lowest BCUT2D eigenvalue weighted by Gasteiger charge is -2.08. The van der Waals surface area contributed by atoms with Gasteiger partial charge in [0.15, 0.2) is 0 Å². The van der Waals surface area contributed by atoms with E-state index in [9.17, 15) is 4.79 Å². The molecule has 78 valence electrons. The molecule has 0 radical (unpaired) electrons. The number of hydrogen-bond acceptors (Lipinski definition) is 2. The van der Waals surface area contributed by atoms with Crippen molar-refractivity contribution in [3.05, 3.63) is 35.7 Å². The number of allylic oxidation sites excluding steroid dienone is 2. The lowest BCUT2D eigenvalue weighted by atomic mass is 9.98. The van der Waals surface area contributed by atoms with Crippen molar-refractivity contribution in [2.75, 3.05) is 0 Å². The lowest BCUT2D eigenvalue weighted by molar-refractivity contribution is -0.140. The molecule has 0 saturated carbocycles. The first-order valence-electron chi connectivity index (χ1n) is 5.04. The molecular weight excluding hydrogens is 190 g/mol. The molecule has 0 saturated heterocycles. The van der Waals surface area contributed by atoms with E-state index in [1.54, 1.807) is 13.1 Å². The molecule has 1 aromatic heterocycles. The summed E-state index contributed by atoms with van der Waals surface area (Å²) < 4.78 is 0. The number of carboxylic acid groups (broad SMARTS) is 1. The molecular formula is C12H13NO2. The van der Waals surface area contributed by atoms with E-state index < -0.39 is 5.97 Å². The summed E-state index contributed by atoms with van der Waals surface area (Å²) in [4.78, 5) is 15.0. The lowest BCUT2D eigenvalue weighted by Crippen LogP contribution is -2.09. The van der Waals surface area contributed by atoms with Crippen LogP contribution in [0, 0.1) is 5.92 Å². The summed E-state index contributed by atoms with van der Waals surface area (Å²) in [5.41, 5.74) is 3.30. The number of aliphatic carboxylic acids is 1. The quantitative estimate of drug-likeness (QED) is 0.818. The third-order valence-electron chi connectivity index (χ3n) is 2.73. The SMILES string of the molecule is C[C@@H](CC1=CCc2ncccc21)C(=O)O. The Kier molecular flexibility index (Phi) is 2.54. The van der Waals surface area contributed by atoms with E-state index in [-0.39, 0.29) is 5.92 Å². The van der Waals surface area contributed by atoms with Crippen LogP contribution in [0.4, 0.5) is 0 Å². The molecule has 1 aliphatic rings. The second-order valence-electron chi connectivity index (χ2n) is 3.87. The third kappa shape index (κ3) is 1.91. The van der Waals surface area contributed by atoms with E-state index >= 15 is 0 Å². The van der Waals surface area contributed by atoms with Crippen LogP contribution in [0.2, 0.25) is 0 Å². The number of carboxylic acids is 1. The van der Waals surface area contributed by atoms with Gasteiger partial charge in [-0.2, -0.15) is 0 Å². The Hall–Kier alpha value is -1.64. The van der Waals surface area contributed by atoms with E-state index in [0.29, 0.717) is 6.42 Å². The molecule has 1 heterocycles. The van der Waals surface area contributed by atoms with Crippen LogP contribution in [0.3, 0.4) is 0 Å². The number of nitrogens with zero attached hydrogens (tertiary/aromatic N) is 1. The summed E-state index contributed by atoms with van der Waals surface area (Å²) in [6.45, 7) is 1.73. The minimum Gasteiger partial charge on any atom is -0.481 e. The minimum absolute atomic E-state index is 0.331. The van der Waals surface area contributed by atoms with Gasteiger partial charge in [0.25, 0.3) is 0 Å². The molecule has 0 aromatic carbocycles. The number of carbonyl (C=O) groups is 1. The van der Waals surface area contributed by atoms with Gasteiger partial charge < -0.3 is 5.11 Å². The normalized spacial score (nSPS) is 15.7. The van der Waals surface area contributed by atoms with Crippen molar-refractivity contribution in [3.63, 3.8) is 0 Å². The largest absolute Gasteiger partial charge is 0.481 e. The van der Waals surface area contributed by atoms with Crippen LogP contribution >= 0.6 is 0 Å². The van der Waals surface area contributed by atoms with Crippen molar-refractivity contribution < 1.29 is 9.90 Å². The average Bonchev–Trinajstić information content (AvgIpc) is 2.62. The van der Waals surface area contributed by atoms with Gasteiger partial charge in [-0.3, -0.25) is 9.78 Å². The second kappa shape index (κ2) is 3.85. The number of hydrogen-bond donors (Lipinski definition) is 1. The maximum Gasteiger partial charge on any atom is 0.306 e. The first-order chi connectivity index (χ1) is 7.18. The Balaban J connectivity index is 2.17. The van der Waals surface area contributed by atoms with Crippen LogP contribution in [0.5, 0.6) is 0 Å². The number of pyridine rings is 1. The molecule has 1 N–H and O–H groups in total. The molecule has 15 heavy (non-hydrogen) atoms. The van der Waals surface area contributed by atoms with E-state index in [2.05, 4.69) is 11.1 Å². The summed E-state index contributed by atoms with van der Waals surface area (Å²) in [6, 6.07) is 3.90. The van der Waals surface area contributed by atoms with Gasteiger partial charge in [-0.25, -0.2) is 0 Å². The fourth-order valence-electron chi connectivity index (χ4n) is 1.83. The van der Waals surface area contributed by atoms with Crippen molar-refractivity contribution in [2.45, 2.75) is 19.8 Å². The smallest absolute Gasteiger partial charge is 0.306 e. The summed E-state index contributed by atoms with van der Waals surface area (Å²) >= 11 is 0. The maximum absolute atomic E-state index is 10.8. The molecule has 1 aromatic rings. The Labute approximate surface area is 88.5 Å². The first-order valence-corrected chi connectivity index (χ1v) is 5.04. The van der Waals surface area contributed by atoms with Crippen molar-refractivity contribution in [1.82, 2.24) is 4.98 Å². The van der Waals surface area contributed by atoms with Crippen LogP contribution in [0.25, 0.3) is 5.57 Å². The molecule has 0 fully saturated rings. The minimum atomic E-state index is -0.742. The summed E-state index contributed by atoms with van der Waals surface area (Å²) in [5, 5.41) is 8.85. The summed E-state index contributed by atoms with van der Waals surface area (Å²) in [5.74, 6) is -1.07. The Morgan fingerprint density at radius 3 is 3.20 bits per heavy atom. The van der Waals surface area contributed by atoms with Crippen LogP contribution in [0.15, 0.2) is 24.4 Å². The highest BCUT2D eigenvalue weighted by Crippen LogP contribution is 2.30. The molecule has 0 amide bonds. The average molecular weight is 203 g/mol. The Bertz CT molecular complexity index is 423. The van der Waals surface area contributed by atoms with Crippen LogP contribution in [-0.2, 0) is 11.2 Å². The van der Waals surface area contributed by atoms with Crippen LogP contribution in [0.1, 0.15) is 24.6 Å². The van der Waals surface area contributed by atoms with Gasteiger partial charge in [-0.1, -0.05) is 19.1 Å². The van der Waals surface area contributed by atoms with Gasteiger partial charge in [-0.15, -0.1) is 0 Å². The second-order valence-corrected chi connectivity index (χ2v) is 3.87. The third-order valence-corrected chi connectivity index (χ3v) is 2.73. The maximum atomic E-state index is 10.8. The zero-order valence-corrected chi connectivity index (χ0v) is 8.60.